The molecule has 210 valence electrons. The van der Waals surface area contributed by atoms with E-state index in [1.165, 1.54) is 5.56 Å². The fraction of sp³-hybridized carbons (Fsp3) is 0.654. The zero-order chi connectivity index (χ0) is 27.3. The van der Waals surface area contributed by atoms with Crippen molar-refractivity contribution >= 4 is 29.2 Å². The second-order valence-electron chi connectivity index (χ2n) is 10.5. The Labute approximate surface area is 227 Å². The summed E-state index contributed by atoms with van der Waals surface area (Å²) >= 11 is 6.08. The van der Waals surface area contributed by atoms with Crippen molar-refractivity contribution in [3.05, 3.63) is 34.9 Å². The summed E-state index contributed by atoms with van der Waals surface area (Å²) in [6.07, 6.45) is 3.43. The van der Waals surface area contributed by atoms with E-state index < -0.39 is 11.9 Å². The number of ether oxygens (including phenoxy) is 1. The van der Waals surface area contributed by atoms with Crippen LogP contribution < -0.4 is 5.73 Å². The summed E-state index contributed by atoms with van der Waals surface area (Å²) in [5, 5.41) is 16.4. The zero-order valence-corrected chi connectivity index (χ0v) is 22.5. The molecule has 12 heteroatoms. The Morgan fingerprint density at radius 1 is 1.21 bits per heavy atom. The largest absolute Gasteiger partial charge is 0.481 e. The molecule has 0 spiro atoms. The Morgan fingerprint density at radius 2 is 1.89 bits per heavy atom. The maximum atomic E-state index is 13.7. The Kier molecular flexibility index (Phi) is 9.56. The molecular formula is C26H37ClF2N6O3. The first-order valence-corrected chi connectivity index (χ1v) is 13.5. The van der Waals surface area contributed by atoms with Gasteiger partial charge in [0.05, 0.1) is 25.7 Å². The van der Waals surface area contributed by atoms with E-state index in [1.807, 2.05) is 17.0 Å². The number of benzene rings is 1. The lowest BCUT2D eigenvalue weighted by Gasteiger charge is -2.47. The van der Waals surface area contributed by atoms with Crippen molar-refractivity contribution in [2.24, 2.45) is 15.9 Å². The molecule has 0 bridgehead atoms. The third kappa shape index (κ3) is 8.08. The van der Waals surface area contributed by atoms with E-state index in [9.17, 15) is 8.78 Å². The molecule has 4 aliphatic rings. The quantitative estimate of drug-likeness (QED) is 0.576. The van der Waals surface area contributed by atoms with Gasteiger partial charge < -0.3 is 20.5 Å². The molecule has 0 radical (unpaired) electrons. The monoisotopic (exact) mass is 554 g/mol. The third-order valence-corrected chi connectivity index (χ3v) is 7.69. The number of amidine groups is 2. The normalized spacial score (nSPS) is 26.5. The number of carboxylic acids is 1. The van der Waals surface area contributed by atoms with Crippen LogP contribution in [-0.2, 0) is 16.0 Å². The van der Waals surface area contributed by atoms with Gasteiger partial charge in [-0.3, -0.25) is 14.6 Å². The van der Waals surface area contributed by atoms with Gasteiger partial charge >= 0.3 is 0 Å². The summed E-state index contributed by atoms with van der Waals surface area (Å²) in [6.45, 7) is 5.13. The summed E-state index contributed by atoms with van der Waals surface area (Å²) in [4.78, 5) is 15.7. The van der Waals surface area contributed by atoms with Gasteiger partial charge in [-0.25, -0.2) is 8.78 Å². The number of rotatable bonds is 5. The van der Waals surface area contributed by atoms with Crippen molar-refractivity contribution in [2.45, 2.75) is 63.1 Å². The molecule has 0 unspecified atom stereocenters. The first kappa shape index (κ1) is 28.7. The molecule has 4 heterocycles. The van der Waals surface area contributed by atoms with Crippen molar-refractivity contribution in [3.8, 4) is 0 Å². The molecule has 1 aromatic carbocycles. The number of aliphatic carboxylic acids is 1. The number of nitrogens with two attached hydrogens (primary N) is 1. The number of likely N-dealkylation sites (tertiary alicyclic amines) is 2. The van der Waals surface area contributed by atoms with Crippen LogP contribution in [0, 0.1) is 0 Å². The highest BCUT2D eigenvalue weighted by Gasteiger charge is 2.41. The van der Waals surface area contributed by atoms with Crippen molar-refractivity contribution in [1.29, 1.82) is 0 Å². The van der Waals surface area contributed by atoms with Crippen molar-refractivity contribution in [3.63, 3.8) is 0 Å². The molecule has 0 aromatic heterocycles. The number of carbonyl (C=O) groups is 1. The highest BCUT2D eigenvalue weighted by atomic mass is 35.5. The van der Waals surface area contributed by atoms with E-state index in [4.69, 9.17) is 32.0 Å². The summed E-state index contributed by atoms with van der Waals surface area (Å²) in [6, 6.07) is 8.66. The molecule has 1 aromatic rings. The molecule has 3 saturated heterocycles. The first-order valence-electron chi connectivity index (χ1n) is 13.1. The molecule has 3 N–H and O–H groups in total. The zero-order valence-electron chi connectivity index (χ0n) is 21.7. The van der Waals surface area contributed by atoms with Gasteiger partial charge in [0.15, 0.2) is 0 Å². The average Bonchev–Trinajstić information content (AvgIpc) is 3.45. The second kappa shape index (κ2) is 12.7. The highest BCUT2D eigenvalue weighted by Crippen LogP contribution is 2.30. The maximum Gasteiger partial charge on any atom is 0.300 e. The minimum absolute atomic E-state index is 0.0548. The topological polar surface area (TPSA) is 107 Å². The fourth-order valence-corrected chi connectivity index (χ4v) is 5.77. The third-order valence-electron chi connectivity index (χ3n) is 7.43. The van der Waals surface area contributed by atoms with Gasteiger partial charge in [0.1, 0.15) is 11.7 Å². The number of hydrogen-bond donors (Lipinski definition) is 2. The van der Waals surface area contributed by atoms with Gasteiger partial charge in [-0.15, -0.1) is 10.2 Å². The number of morpholine rings is 1. The summed E-state index contributed by atoms with van der Waals surface area (Å²) in [5.41, 5.74) is 7.03. The van der Waals surface area contributed by atoms with E-state index in [0.29, 0.717) is 38.0 Å². The Balaban J connectivity index is 0.000000786. The van der Waals surface area contributed by atoms with Gasteiger partial charge in [0, 0.05) is 63.2 Å². The van der Waals surface area contributed by atoms with Crippen LogP contribution in [0.1, 0.15) is 38.2 Å². The summed E-state index contributed by atoms with van der Waals surface area (Å²) < 4.78 is 33.6. The van der Waals surface area contributed by atoms with Crippen LogP contribution >= 0.6 is 11.6 Å². The highest BCUT2D eigenvalue weighted by molar-refractivity contribution is 6.30. The predicted molar refractivity (Wildman–Crippen MR) is 143 cm³/mol. The van der Waals surface area contributed by atoms with Gasteiger partial charge in [0.2, 0.25) is 0 Å². The minimum atomic E-state index is -2.58. The number of carboxylic acid groups (broad SMARTS) is 1. The number of piperidine rings is 1. The van der Waals surface area contributed by atoms with Gasteiger partial charge in [-0.2, -0.15) is 0 Å². The SMILES string of the molecule is CC(=O)O.NC1=NN=C(N2CCC(N3C[C@H](CN4CCC(F)(F)C4)OC[C@@H]3Cc3ccc(Cl)cc3)CC2)C1. The van der Waals surface area contributed by atoms with Crippen LogP contribution in [0.3, 0.4) is 0 Å². The Bertz CT molecular complexity index is 1010. The molecule has 0 amide bonds. The lowest BCUT2D eigenvalue weighted by atomic mass is 9.96. The summed E-state index contributed by atoms with van der Waals surface area (Å²) in [7, 11) is 0. The summed E-state index contributed by atoms with van der Waals surface area (Å²) in [5.74, 6) is -1.87. The van der Waals surface area contributed by atoms with Crippen LogP contribution in [0.2, 0.25) is 5.02 Å². The molecule has 3 fully saturated rings. The van der Waals surface area contributed by atoms with Crippen LogP contribution in [0.4, 0.5) is 8.78 Å². The number of hydrogen-bond acceptors (Lipinski definition) is 8. The number of nitrogens with zero attached hydrogens (tertiary/aromatic N) is 5. The smallest absolute Gasteiger partial charge is 0.300 e. The van der Waals surface area contributed by atoms with Crippen LogP contribution in [0.5, 0.6) is 0 Å². The lowest BCUT2D eigenvalue weighted by molar-refractivity contribution is -0.134. The minimum Gasteiger partial charge on any atom is -0.481 e. The molecule has 0 saturated carbocycles. The molecule has 0 aliphatic carbocycles. The Morgan fingerprint density at radius 3 is 2.47 bits per heavy atom. The number of alkyl halides is 2. The molecule has 9 nitrogen and oxygen atoms in total. The van der Waals surface area contributed by atoms with Crippen LogP contribution in [0.15, 0.2) is 34.5 Å². The van der Waals surface area contributed by atoms with E-state index in [-0.39, 0.29) is 25.1 Å². The van der Waals surface area contributed by atoms with Crippen LogP contribution in [0.25, 0.3) is 0 Å². The lowest BCUT2D eigenvalue weighted by Crippen LogP contribution is -2.59. The molecular weight excluding hydrogens is 518 g/mol. The predicted octanol–water partition coefficient (Wildman–Crippen LogP) is 2.92. The fourth-order valence-electron chi connectivity index (χ4n) is 5.64. The van der Waals surface area contributed by atoms with Gasteiger partial charge in [-0.05, 0) is 37.0 Å². The van der Waals surface area contributed by atoms with E-state index in [1.54, 1.807) is 0 Å². The first-order chi connectivity index (χ1) is 18.1. The van der Waals surface area contributed by atoms with E-state index in [0.717, 1.165) is 56.7 Å². The molecule has 5 rings (SSSR count). The van der Waals surface area contributed by atoms with Gasteiger partial charge in [0.25, 0.3) is 11.9 Å². The second-order valence-corrected chi connectivity index (χ2v) is 10.9. The van der Waals surface area contributed by atoms with Crippen molar-refractivity contribution in [2.75, 3.05) is 45.9 Å². The Hall–Kier alpha value is -2.34. The van der Waals surface area contributed by atoms with E-state index in [2.05, 4.69) is 32.1 Å². The van der Waals surface area contributed by atoms with E-state index >= 15 is 0 Å². The van der Waals surface area contributed by atoms with Crippen LogP contribution in [-0.4, -0.2) is 107 Å². The standard InChI is InChI=1S/C24H33ClF2N6O.C2H4O2/c25-18-3-1-17(2-4-18)11-20-15-34-21(13-31-10-7-24(26,27)16-31)14-33(20)19-5-8-32(9-6-19)23-12-22(28)29-30-23;1-2(3)4/h1-4,19-21H,5-16H2,(H2,28,29);1H3,(H,3,4)/t20-,21-;/m0./s1. The maximum absolute atomic E-state index is 13.7. The van der Waals surface area contributed by atoms with Gasteiger partial charge in [-0.1, -0.05) is 23.7 Å². The van der Waals surface area contributed by atoms with Crippen molar-refractivity contribution in [1.82, 2.24) is 14.7 Å². The number of halogens is 3. The molecule has 4 aliphatic heterocycles. The molecule has 2 atom stereocenters. The molecule has 38 heavy (non-hydrogen) atoms. The van der Waals surface area contributed by atoms with Crippen molar-refractivity contribution < 1.29 is 23.4 Å². The average molecular weight is 555 g/mol.